The van der Waals surface area contributed by atoms with E-state index in [0.29, 0.717) is 12.5 Å². The van der Waals surface area contributed by atoms with Crippen LogP contribution in [-0.2, 0) is 14.3 Å². The number of rotatable bonds is 7. The molecule has 0 fully saturated rings. The first-order valence-corrected chi connectivity index (χ1v) is 8.14. The van der Waals surface area contributed by atoms with Crippen molar-refractivity contribution in [3.8, 4) is 5.75 Å². The molecule has 4 nitrogen and oxygen atoms in total. The maximum Gasteiger partial charge on any atom is 0.336 e. The van der Waals surface area contributed by atoms with Crippen LogP contribution in [0.5, 0.6) is 5.75 Å². The number of ether oxygens (including phenoxy) is 2. The summed E-state index contributed by atoms with van der Waals surface area (Å²) in [5, 5.41) is 0.500. The van der Waals surface area contributed by atoms with Crippen molar-refractivity contribution in [2.75, 3.05) is 6.61 Å². The lowest BCUT2D eigenvalue weighted by Gasteiger charge is -2.05. The second-order valence-corrected chi connectivity index (χ2v) is 6.35. The molecule has 0 atom stereocenters. The van der Waals surface area contributed by atoms with Gasteiger partial charge in [0.2, 0.25) is 0 Å². The zero-order chi connectivity index (χ0) is 17.4. The van der Waals surface area contributed by atoms with E-state index in [9.17, 15) is 9.59 Å². The van der Waals surface area contributed by atoms with Crippen molar-refractivity contribution in [1.82, 2.24) is 0 Å². The van der Waals surface area contributed by atoms with Gasteiger partial charge in [0.25, 0.3) is 0 Å². The maximum absolute atomic E-state index is 11.6. The third-order valence-corrected chi connectivity index (χ3v) is 3.90. The number of esters is 2. The molecule has 23 heavy (non-hydrogen) atoms. The monoisotopic (exact) mass is 378 g/mol. The van der Waals surface area contributed by atoms with E-state index in [1.54, 1.807) is 0 Å². The predicted octanol–water partition coefficient (Wildman–Crippen LogP) is 5.09. The molecular formula is C16H17Cl3O4. The molecule has 0 amide bonds. The van der Waals surface area contributed by atoms with Crippen molar-refractivity contribution in [1.29, 1.82) is 0 Å². The molecule has 0 saturated heterocycles. The molecule has 1 rings (SSSR count). The van der Waals surface area contributed by atoms with Crippen LogP contribution in [0, 0.1) is 5.92 Å². The average molecular weight is 380 g/mol. The molecule has 0 heterocycles. The first-order valence-electron chi connectivity index (χ1n) is 7.00. The Hall–Kier alpha value is -1.23. The molecular weight excluding hydrogens is 363 g/mol. The Kier molecular flexibility index (Phi) is 8.45. The van der Waals surface area contributed by atoms with Crippen LogP contribution in [0.25, 0.3) is 0 Å². The van der Waals surface area contributed by atoms with Crippen LogP contribution in [0.15, 0.2) is 24.3 Å². The van der Waals surface area contributed by atoms with Crippen LogP contribution >= 0.6 is 34.8 Å². The van der Waals surface area contributed by atoms with Gasteiger partial charge in [-0.05, 0) is 18.8 Å². The van der Waals surface area contributed by atoms with E-state index in [0.717, 1.165) is 25.0 Å². The van der Waals surface area contributed by atoms with Gasteiger partial charge in [0, 0.05) is 24.3 Å². The van der Waals surface area contributed by atoms with Gasteiger partial charge in [0.15, 0.2) is 0 Å². The van der Waals surface area contributed by atoms with E-state index < -0.39 is 11.9 Å². The highest BCUT2D eigenvalue weighted by atomic mass is 35.5. The summed E-state index contributed by atoms with van der Waals surface area (Å²) in [6.45, 7) is 4.50. The Bertz CT molecular complexity index is 574. The normalized spacial score (nSPS) is 11.0. The van der Waals surface area contributed by atoms with Crippen molar-refractivity contribution in [3.63, 3.8) is 0 Å². The van der Waals surface area contributed by atoms with Gasteiger partial charge in [-0.2, -0.15) is 0 Å². The first-order chi connectivity index (χ1) is 10.8. The molecule has 0 aliphatic rings. The molecule has 1 aromatic carbocycles. The maximum atomic E-state index is 11.6. The lowest BCUT2D eigenvalue weighted by Crippen LogP contribution is -2.07. The molecule has 0 unspecified atom stereocenters. The van der Waals surface area contributed by atoms with Crippen LogP contribution in [-0.4, -0.2) is 18.5 Å². The minimum absolute atomic E-state index is 0.129. The van der Waals surface area contributed by atoms with Gasteiger partial charge >= 0.3 is 11.9 Å². The van der Waals surface area contributed by atoms with E-state index in [2.05, 4.69) is 13.8 Å². The van der Waals surface area contributed by atoms with Crippen LogP contribution in [0.4, 0.5) is 0 Å². The lowest BCUT2D eigenvalue weighted by atomic mass is 10.1. The fourth-order valence-electron chi connectivity index (χ4n) is 1.59. The Labute approximate surface area is 150 Å². The number of carbonyl (C=O) groups excluding carboxylic acids is 2. The summed E-state index contributed by atoms with van der Waals surface area (Å²) < 4.78 is 9.93. The second-order valence-electron chi connectivity index (χ2n) is 5.16. The number of benzene rings is 1. The molecule has 0 N–H and O–H groups in total. The smallest absolute Gasteiger partial charge is 0.336 e. The molecule has 0 aromatic heterocycles. The second kappa shape index (κ2) is 9.81. The third-order valence-electron chi connectivity index (χ3n) is 2.70. The summed E-state index contributed by atoms with van der Waals surface area (Å²) in [5.41, 5.74) is 0. The third kappa shape index (κ3) is 7.73. The molecule has 7 heteroatoms. The predicted molar refractivity (Wildman–Crippen MR) is 91.3 cm³/mol. The fourth-order valence-corrected chi connectivity index (χ4v) is 2.17. The van der Waals surface area contributed by atoms with Crippen molar-refractivity contribution in [3.05, 3.63) is 39.4 Å². The summed E-state index contributed by atoms with van der Waals surface area (Å²) in [6, 6.07) is 2.71. The fraction of sp³-hybridized carbons (Fsp3) is 0.375. The minimum Gasteiger partial charge on any atom is -0.463 e. The van der Waals surface area contributed by atoms with Gasteiger partial charge in [0.1, 0.15) is 5.75 Å². The van der Waals surface area contributed by atoms with Crippen molar-refractivity contribution >= 4 is 46.7 Å². The van der Waals surface area contributed by atoms with Crippen molar-refractivity contribution < 1.29 is 19.1 Å². The zero-order valence-corrected chi connectivity index (χ0v) is 15.0. The minimum atomic E-state index is -0.751. The Balaban J connectivity index is 2.45. The van der Waals surface area contributed by atoms with Gasteiger partial charge in [-0.3, -0.25) is 0 Å². The summed E-state index contributed by atoms with van der Waals surface area (Å²) in [4.78, 5) is 23.0. The van der Waals surface area contributed by atoms with Crippen molar-refractivity contribution in [2.24, 2.45) is 5.92 Å². The largest absolute Gasteiger partial charge is 0.463 e. The highest BCUT2D eigenvalue weighted by Gasteiger charge is 2.09. The number of halogens is 3. The highest BCUT2D eigenvalue weighted by Crippen LogP contribution is 2.34. The molecule has 0 radical (unpaired) electrons. The van der Waals surface area contributed by atoms with Crippen molar-refractivity contribution in [2.45, 2.75) is 26.7 Å². The van der Waals surface area contributed by atoms with Crippen LogP contribution in [0.3, 0.4) is 0 Å². The molecule has 0 bridgehead atoms. The first kappa shape index (κ1) is 19.8. The SMILES string of the molecule is CC(C)CCCOC(=O)/C=C/C(=O)Oc1cc(Cl)c(Cl)c(Cl)c1. The van der Waals surface area contributed by atoms with Crippen LogP contribution in [0.2, 0.25) is 15.1 Å². The summed E-state index contributed by atoms with van der Waals surface area (Å²) in [5.74, 6) is -0.668. The van der Waals surface area contributed by atoms with Gasteiger partial charge in [-0.1, -0.05) is 48.7 Å². The standard InChI is InChI=1S/C16H17Cl3O4/c1-10(2)4-3-7-22-14(20)5-6-15(21)23-11-8-12(17)16(19)13(18)9-11/h5-6,8-10H,3-4,7H2,1-2H3/b6-5+. The van der Waals surface area contributed by atoms with Crippen LogP contribution in [0.1, 0.15) is 26.7 Å². The molecule has 0 spiro atoms. The lowest BCUT2D eigenvalue weighted by molar-refractivity contribution is -0.138. The van der Waals surface area contributed by atoms with Gasteiger partial charge < -0.3 is 9.47 Å². The number of hydrogen-bond acceptors (Lipinski definition) is 4. The van der Waals surface area contributed by atoms with Gasteiger partial charge in [-0.15, -0.1) is 0 Å². The van der Waals surface area contributed by atoms with E-state index in [1.165, 1.54) is 12.1 Å². The highest BCUT2D eigenvalue weighted by molar-refractivity contribution is 6.48. The van der Waals surface area contributed by atoms with E-state index in [-0.39, 0.29) is 20.8 Å². The Morgan fingerprint density at radius 3 is 2.22 bits per heavy atom. The van der Waals surface area contributed by atoms with Gasteiger partial charge in [-0.25, -0.2) is 9.59 Å². The number of carbonyl (C=O) groups is 2. The topological polar surface area (TPSA) is 52.6 Å². The van der Waals surface area contributed by atoms with E-state index in [4.69, 9.17) is 44.3 Å². The molecule has 1 aromatic rings. The van der Waals surface area contributed by atoms with Crippen LogP contribution < -0.4 is 4.74 Å². The summed E-state index contributed by atoms with van der Waals surface area (Å²) in [7, 11) is 0. The summed E-state index contributed by atoms with van der Waals surface area (Å²) >= 11 is 17.4. The Morgan fingerprint density at radius 2 is 1.65 bits per heavy atom. The average Bonchev–Trinajstić information content (AvgIpc) is 2.47. The molecule has 126 valence electrons. The molecule has 0 aliphatic heterocycles. The molecule has 0 aliphatic carbocycles. The van der Waals surface area contributed by atoms with E-state index in [1.807, 2.05) is 0 Å². The number of hydrogen-bond donors (Lipinski definition) is 0. The molecule has 0 saturated carbocycles. The quantitative estimate of drug-likeness (QED) is 0.218. The van der Waals surface area contributed by atoms with Gasteiger partial charge in [0.05, 0.1) is 21.7 Å². The van der Waals surface area contributed by atoms with E-state index >= 15 is 0 Å². The zero-order valence-electron chi connectivity index (χ0n) is 12.8. The Morgan fingerprint density at radius 1 is 1.09 bits per heavy atom. The summed E-state index contributed by atoms with van der Waals surface area (Å²) in [6.07, 6.45) is 3.73.